The Balaban J connectivity index is 1.44. The molecule has 0 aliphatic rings. The summed E-state index contributed by atoms with van der Waals surface area (Å²) in [4.78, 5) is 15.9. The van der Waals surface area contributed by atoms with Gasteiger partial charge in [0.25, 0.3) is 0 Å². The summed E-state index contributed by atoms with van der Waals surface area (Å²) >= 11 is 0. The Morgan fingerprint density at radius 1 is 0.304 bits per heavy atom. The van der Waals surface area contributed by atoms with E-state index in [0.717, 1.165) is 60.7 Å². The van der Waals surface area contributed by atoms with Crippen LogP contribution in [0.4, 0.5) is 0 Å². The summed E-state index contributed by atoms with van der Waals surface area (Å²) in [6.45, 7) is 0. The molecule has 0 unspecified atom stereocenters. The van der Waals surface area contributed by atoms with Gasteiger partial charge in [0.2, 0.25) is 0 Å². The van der Waals surface area contributed by atoms with Crippen molar-refractivity contribution >= 4 is 43.4 Å². The number of aromatic nitrogens is 3. The fourth-order valence-corrected chi connectivity index (χ4v) is 6.75. The lowest BCUT2D eigenvalue weighted by Gasteiger charge is -2.19. The molecule has 0 aliphatic carbocycles. The first-order valence-electron chi connectivity index (χ1n) is 15.5. The molecule has 9 rings (SSSR count). The molecule has 0 saturated carbocycles. The van der Waals surface area contributed by atoms with Crippen LogP contribution in [0.15, 0.2) is 164 Å². The molecule has 214 valence electrons. The summed E-state index contributed by atoms with van der Waals surface area (Å²) < 4.78 is 0. The molecule has 0 spiro atoms. The highest BCUT2D eigenvalue weighted by molar-refractivity contribution is 6.23. The number of hydrogen-bond donors (Lipinski definition) is 0. The van der Waals surface area contributed by atoms with E-state index in [1.54, 1.807) is 0 Å². The van der Waals surface area contributed by atoms with E-state index >= 15 is 0 Å². The molecular formula is C43H27N3. The van der Waals surface area contributed by atoms with Crippen LogP contribution in [0.5, 0.6) is 0 Å². The summed E-state index contributed by atoms with van der Waals surface area (Å²) in [5.74, 6) is 0.683. The van der Waals surface area contributed by atoms with E-state index < -0.39 is 0 Å². The molecule has 7 aromatic carbocycles. The van der Waals surface area contributed by atoms with E-state index in [0.29, 0.717) is 5.82 Å². The first kappa shape index (κ1) is 26.2. The molecule has 0 bridgehead atoms. The first-order chi connectivity index (χ1) is 22.8. The fraction of sp³-hybridized carbons (Fsp3) is 0. The molecule has 0 fully saturated rings. The molecule has 2 heterocycles. The van der Waals surface area contributed by atoms with Crippen molar-refractivity contribution in [2.45, 2.75) is 0 Å². The third-order valence-electron chi connectivity index (χ3n) is 8.86. The maximum Gasteiger partial charge on any atom is 0.160 e. The zero-order valence-corrected chi connectivity index (χ0v) is 24.9. The van der Waals surface area contributed by atoms with Crippen LogP contribution in [-0.4, -0.2) is 15.0 Å². The highest BCUT2D eigenvalue weighted by atomic mass is 14.9. The van der Waals surface area contributed by atoms with Crippen molar-refractivity contribution < 1.29 is 0 Å². The molecule has 2 aromatic heterocycles. The molecule has 46 heavy (non-hydrogen) atoms. The van der Waals surface area contributed by atoms with Gasteiger partial charge in [-0.25, -0.2) is 15.0 Å². The maximum atomic E-state index is 5.39. The van der Waals surface area contributed by atoms with Crippen LogP contribution in [0.3, 0.4) is 0 Å². The van der Waals surface area contributed by atoms with Gasteiger partial charge in [0.05, 0.1) is 16.9 Å². The van der Waals surface area contributed by atoms with Gasteiger partial charge in [-0.1, -0.05) is 152 Å². The quantitative estimate of drug-likeness (QED) is 0.152. The Labute approximate surface area is 266 Å². The molecule has 3 nitrogen and oxygen atoms in total. The summed E-state index contributed by atoms with van der Waals surface area (Å²) in [7, 11) is 0. The Kier molecular flexibility index (Phi) is 6.14. The van der Waals surface area contributed by atoms with Crippen LogP contribution < -0.4 is 0 Å². The van der Waals surface area contributed by atoms with Crippen molar-refractivity contribution in [2.24, 2.45) is 0 Å². The molecular weight excluding hydrogens is 558 g/mol. The van der Waals surface area contributed by atoms with Gasteiger partial charge in [0, 0.05) is 27.5 Å². The number of nitrogens with zero attached hydrogens (tertiary/aromatic N) is 3. The standard InChI is InChI=1S/C43H27N3/c1-4-14-28(15-5-1)37-27-25-30-24-26-36-41(45-43(31-18-8-3-9-19-31)46-42(36)40(30)44-37)39-34-22-12-10-20-32(34)38(29-16-6-2-7-17-29)33-21-11-13-23-35(33)39/h1-27H. The van der Waals surface area contributed by atoms with Gasteiger partial charge < -0.3 is 0 Å². The highest BCUT2D eigenvalue weighted by Crippen LogP contribution is 2.45. The normalized spacial score (nSPS) is 11.5. The molecule has 0 saturated heterocycles. The van der Waals surface area contributed by atoms with Crippen LogP contribution in [-0.2, 0) is 0 Å². The predicted octanol–water partition coefficient (Wildman–Crippen LogP) is 11.2. The second-order valence-electron chi connectivity index (χ2n) is 11.6. The second kappa shape index (κ2) is 10.8. The number of benzene rings is 7. The average molecular weight is 586 g/mol. The minimum atomic E-state index is 0.683. The molecule has 0 atom stereocenters. The Morgan fingerprint density at radius 3 is 1.41 bits per heavy atom. The van der Waals surface area contributed by atoms with Crippen LogP contribution in [0.25, 0.3) is 88.4 Å². The van der Waals surface area contributed by atoms with E-state index in [1.807, 2.05) is 36.4 Å². The zero-order valence-electron chi connectivity index (χ0n) is 24.9. The Hall–Kier alpha value is -6.19. The Morgan fingerprint density at radius 2 is 0.804 bits per heavy atom. The molecule has 3 heteroatoms. The van der Waals surface area contributed by atoms with Crippen molar-refractivity contribution in [3.05, 3.63) is 164 Å². The Bertz CT molecular complexity index is 2500. The van der Waals surface area contributed by atoms with E-state index in [-0.39, 0.29) is 0 Å². The lowest BCUT2D eigenvalue weighted by Crippen LogP contribution is -1.99. The van der Waals surface area contributed by atoms with E-state index in [4.69, 9.17) is 15.0 Å². The van der Waals surface area contributed by atoms with Crippen molar-refractivity contribution in [3.8, 4) is 45.0 Å². The van der Waals surface area contributed by atoms with Crippen LogP contribution >= 0.6 is 0 Å². The van der Waals surface area contributed by atoms with Crippen LogP contribution in [0, 0.1) is 0 Å². The maximum absolute atomic E-state index is 5.39. The smallest absolute Gasteiger partial charge is 0.160 e. The van der Waals surface area contributed by atoms with E-state index in [2.05, 4.69) is 127 Å². The molecule has 0 amide bonds. The molecule has 0 N–H and O–H groups in total. The zero-order chi connectivity index (χ0) is 30.5. The number of rotatable bonds is 4. The minimum absolute atomic E-state index is 0.683. The number of pyridine rings is 1. The van der Waals surface area contributed by atoms with Gasteiger partial charge in [-0.15, -0.1) is 0 Å². The third-order valence-corrected chi connectivity index (χ3v) is 8.86. The van der Waals surface area contributed by atoms with Crippen LogP contribution in [0.1, 0.15) is 0 Å². The molecule has 9 aromatic rings. The first-order valence-corrected chi connectivity index (χ1v) is 15.5. The van der Waals surface area contributed by atoms with Crippen LogP contribution in [0.2, 0.25) is 0 Å². The van der Waals surface area contributed by atoms with E-state index in [9.17, 15) is 0 Å². The summed E-state index contributed by atoms with van der Waals surface area (Å²) in [5.41, 5.74) is 9.13. The van der Waals surface area contributed by atoms with Gasteiger partial charge in [-0.05, 0) is 44.8 Å². The number of fused-ring (bicyclic) bond motifs is 5. The largest absolute Gasteiger partial charge is 0.245 e. The van der Waals surface area contributed by atoms with Gasteiger partial charge in [-0.3, -0.25) is 0 Å². The SMILES string of the molecule is c1ccc(-c2ccc3ccc4c(-c5c6ccccc6c(-c6ccccc6)c6ccccc56)nc(-c5ccccc5)nc4c3n2)cc1. The van der Waals surface area contributed by atoms with Gasteiger partial charge in [0.15, 0.2) is 5.82 Å². The monoisotopic (exact) mass is 585 g/mol. The van der Waals surface area contributed by atoms with Crippen molar-refractivity contribution in [1.82, 2.24) is 15.0 Å². The summed E-state index contributed by atoms with van der Waals surface area (Å²) in [6, 6.07) is 57.3. The fourth-order valence-electron chi connectivity index (χ4n) is 6.75. The average Bonchev–Trinajstić information content (AvgIpc) is 3.14. The van der Waals surface area contributed by atoms with E-state index in [1.165, 1.54) is 21.9 Å². The lowest BCUT2D eigenvalue weighted by atomic mass is 9.86. The van der Waals surface area contributed by atoms with Crippen molar-refractivity contribution in [3.63, 3.8) is 0 Å². The highest BCUT2D eigenvalue weighted by Gasteiger charge is 2.21. The van der Waals surface area contributed by atoms with Gasteiger partial charge in [-0.2, -0.15) is 0 Å². The van der Waals surface area contributed by atoms with Crippen molar-refractivity contribution in [1.29, 1.82) is 0 Å². The number of hydrogen-bond acceptors (Lipinski definition) is 3. The topological polar surface area (TPSA) is 38.7 Å². The molecule has 0 aliphatic heterocycles. The van der Waals surface area contributed by atoms with Gasteiger partial charge in [0.1, 0.15) is 5.52 Å². The second-order valence-corrected chi connectivity index (χ2v) is 11.6. The van der Waals surface area contributed by atoms with Crippen molar-refractivity contribution in [2.75, 3.05) is 0 Å². The predicted molar refractivity (Wildman–Crippen MR) is 192 cm³/mol. The third kappa shape index (κ3) is 4.25. The summed E-state index contributed by atoms with van der Waals surface area (Å²) in [5, 5.41) is 6.73. The lowest BCUT2D eigenvalue weighted by molar-refractivity contribution is 1.23. The van der Waals surface area contributed by atoms with Gasteiger partial charge >= 0.3 is 0 Å². The minimum Gasteiger partial charge on any atom is -0.245 e. The molecule has 0 radical (unpaired) electrons. The summed E-state index contributed by atoms with van der Waals surface area (Å²) in [6.07, 6.45) is 0.